The highest BCUT2D eigenvalue weighted by molar-refractivity contribution is 6.05. The Morgan fingerprint density at radius 3 is 2.40 bits per heavy atom. The zero-order valence-corrected chi connectivity index (χ0v) is 12.6. The van der Waals surface area contributed by atoms with Crippen LogP contribution < -0.4 is 5.32 Å². The lowest BCUT2D eigenvalue weighted by Gasteiger charge is -2.09. The van der Waals surface area contributed by atoms with Crippen LogP contribution in [0.2, 0.25) is 0 Å². The van der Waals surface area contributed by atoms with E-state index in [-0.39, 0.29) is 22.5 Å². The van der Waals surface area contributed by atoms with Crippen LogP contribution in [0.4, 0.5) is 23.4 Å². The number of aromatic amines is 1. The molecular formula is C17H11F4N3O. The SMILES string of the molecule is O=C(Nc1n[nH]c(C(F)(F)F)c1-c1ccccc1)c1cccc(F)c1. The number of aromatic nitrogens is 2. The predicted octanol–water partition coefficient (Wildman–Crippen LogP) is 4.49. The van der Waals surface area contributed by atoms with Crippen LogP contribution in [0, 0.1) is 5.82 Å². The molecule has 3 aromatic rings. The number of nitrogens with one attached hydrogen (secondary N) is 2. The van der Waals surface area contributed by atoms with Gasteiger partial charge in [-0.2, -0.15) is 18.3 Å². The third-order valence-electron chi connectivity index (χ3n) is 3.43. The maximum Gasteiger partial charge on any atom is 0.433 e. The van der Waals surface area contributed by atoms with Gasteiger partial charge in [-0.25, -0.2) is 4.39 Å². The monoisotopic (exact) mass is 349 g/mol. The van der Waals surface area contributed by atoms with Crippen LogP contribution in [0.3, 0.4) is 0 Å². The molecule has 2 aromatic carbocycles. The van der Waals surface area contributed by atoms with Crippen LogP contribution in [0.5, 0.6) is 0 Å². The fourth-order valence-corrected chi connectivity index (χ4v) is 2.33. The van der Waals surface area contributed by atoms with Crippen molar-refractivity contribution in [1.82, 2.24) is 10.2 Å². The van der Waals surface area contributed by atoms with E-state index < -0.39 is 23.6 Å². The minimum atomic E-state index is -4.68. The Bertz CT molecular complexity index is 904. The molecule has 0 unspecified atom stereocenters. The summed E-state index contributed by atoms with van der Waals surface area (Å²) >= 11 is 0. The smallest absolute Gasteiger partial charge is 0.305 e. The van der Waals surface area contributed by atoms with Gasteiger partial charge in [0.05, 0.1) is 5.56 Å². The van der Waals surface area contributed by atoms with Gasteiger partial charge in [0.1, 0.15) is 11.5 Å². The Morgan fingerprint density at radius 2 is 1.76 bits per heavy atom. The highest BCUT2D eigenvalue weighted by Crippen LogP contribution is 2.39. The third-order valence-corrected chi connectivity index (χ3v) is 3.43. The van der Waals surface area contributed by atoms with E-state index in [4.69, 9.17) is 0 Å². The summed E-state index contributed by atoms with van der Waals surface area (Å²) in [4.78, 5) is 12.2. The number of carbonyl (C=O) groups is 1. The van der Waals surface area contributed by atoms with E-state index in [1.807, 2.05) is 5.10 Å². The maximum absolute atomic E-state index is 13.2. The average molecular weight is 349 g/mol. The topological polar surface area (TPSA) is 57.8 Å². The summed E-state index contributed by atoms with van der Waals surface area (Å²) < 4.78 is 52.9. The molecule has 0 saturated heterocycles. The molecule has 0 spiro atoms. The molecule has 0 radical (unpaired) electrons. The van der Waals surface area contributed by atoms with E-state index in [1.54, 1.807) is 18.2 Å². The van der Waals surface area contributed by atoms with Gasteiger partial charge in [0, 0.05) is 5.56 Å². The summed E-state index contributed by atoms with van der Waals surface area (Å²) in [6.45, 7) is 0. The molecule has 0 aliphatic carbocycles. The number of hydrogen-bond donors (Lipinski definition) is 2. The number of benzene rings is 2. The summed E-state index contributed by atoms with van der Waals surface area (Å²) in [5, 5.41) is 7.79. The first kappa shape index (κ1) is 16.7. The zero-order valence-electron chi connectivity index (χ0n) is 12.6. The van der Waals surface area contributed by atoms with Crippen molar-refractivity contribution in [2.45, 2.75) is 6.18 Å². The van der Waals surface area contributed by atoms with Crippen LogP contribution in [0.1, 0.15) is 16.1 Å². The van der Waals surface area contributed by atoms with Gasteiger partial charge in [0.15, 0.2) is 5.82 Å². The number of halogens is 4. The second-order valence-electron chi connectivity index (χ2n) is 5.15. The molecule has 0 aliphatic heterocycles. The molecule has 0 fully saturated rings. The van der Waals surface area contributed by atoms with E-state index in [1.165, 1.54) is 24.3 Å². The van der Waals surface area contributed by atoms with Crippen molar-refractivity contribution in [3.8, 4) is 11.1 Å². The van der Waals surface area contributed by atoms with Crippen LogP contribution in [-0.2, 0) is 6.18 Å². The van der Waals surface area contributed by atoms with Gasteiger partial charge in [0.25, 0.3) is 5.91 Å². The van der Waals surface area contributed by atoms with Crippen molar-refractivity contribution in [3.05, 3.63) is 71.7 Å². The van der Waals surface area contributed by atoms with E-state index in [2.05, 4.69) is 10.4 Å². The number of carbonyl (C=O) groups excluding carboxylic acids is 1. The normalized spacial score (nSPS) is 11.4. The lowest BCUT2D eigenvalue weighted by atomic mass is 10.0. The number of nitrogens with zero attached hydrogens (tertiary/aromatic N) is 1. The Hall–Kier alpha value is -3.16. The summed E-state index contributed by atoms with van der Waals surface area (Å²) in [5.74, 6) is -1.68. The number of alkyl halides is 3. The molecule has 0 atom stereocenters. The highest BCUT2D eigenvalue weighted by Gasteiger charge is 2.38. The van der Waals surface area contributed by atoms with Crippen molar-refractivity contribution >= 4 is 11.7 Å². The Kier molecular flexibility index (Phi) is 4.26. The van der Waals surface area contributed by atoms with E-state index in [0.29, 0.717) is 0 Å². The minimum absolute atomic E-state index is 0.0319. The van der Waals surface area contributed by atoms with Crippen molar-refractivity contribution in [3.63, 3.8) is 0 Å². The minimum Gasteiger partial charge on any atom is -0.305 e. The molecule has 128 valence electrons. The summed E-state index contributed by atoms with van der Waals surface area (Å²) in [6, 6.07) is 12.5. The van der Waals surface area contributed by atoms with Crippen LogP contribution in [0.25, 0.3) is 11.1 Å². The molecule has 1 heterocycles. The molecule has 0 aliphatic rings. The molecule has 0 bridgehead atoms. The van der Waals surface area contributed by atoms with Crippen LogP contribution in [0.15, 0.2) is 54.6 Å². The lowest BCUT2D eigenvalue weighted by Crippen LogP contribution is -2.13. The van der Waals surface area contributed by atoms with Crippen LogP contribution >= 0.6 is 0 Å². The molecule has 1 aromatic heterocycles. The standard InChI is InChI=1S/C17H11F4N3O/c18-12-8-4-7-11(9-12)16(25)22-15-13(10-5-2-1-3-6-10)14(23-24-15)17(19,20)21/h1-9H,(H2,22,23,24,25). The lowest BCUT2D eigenvalue weighted by molar-refractivity contribution is -0.140. The van der Waals surface area contributed by atoms with Gasteiger partial charge in [-0.05, 0) is 23.8 Å². The van der Waals surface area contributed by atoms with Crippen LogP contribution in [-0.4, -0.2) is 16.1 Å². The zero-order chi connectivity index (χ0) is 18.0. The van der Waals surface area contributed by atoms with E-state index in [9.17, 15) is 22.4 Å². The van der Waals surface area contributed by atoms with Gasteiger partial charge in [-0.3, -0.25) is 9.89 Å². The number of amides is 1. The summed E-state index contributed by atoms with van der Waals surface area (Å²) in [6.07, 6.45) is -4.68. The number of rotatable bonds is 3. The second-order valence-corrected chi connectivity index (χ2v) is 5.15. The molecule has 1 amide bonds. The van der Waals surface area contributed by atoms with Gasteiger partial charge >= 0.3 is 6.18 Å². The maximum atomic E-state index is 13.2. The molecule has 0 saturated carbocycles. The molecular weight excluding hydrogens is 338 g/mol. The molecule has 4 nitrogen and oxygen atoms in total. The van der Waals surface area contributed by atoms with E-state index >= 15 is 0 Å². The Balaban J connectivity index is 2.02. The Morgan fingerprint density at radius 1 is 1.04 bits per heavy atom. The summed E-state index contributed by atoms with van der Waals surface area (Å²) in [5.41, 5.74) is -1.15. The highest BCUT2D eigenvalue weighted by atomic mass is 19.4. The fraction of sp³-hybridized carbons (Fsp3) is 0.0588. The first-order chi connectivity index (χ1) is 11.9. The quantitative estimate of drug-likeness (QED) is 0.685. The van der Waals surface area contributed by atoms with Crippen molar-refractivity contribution in [1.29, 1.82) is 0 Å². The van der Waals surface area contributed by atoms with Crippen molar-refractivity contribution < 1.29 is 22.4 Å². The second kappa shape index (κ2) is 6.39. The largest absolute Gasteiger partial charge is 0.433 e. The van der Waals surface area contributed by atoms with Crippen molar-refractivity contribution in [2.75, 3.05) is 5.32 Å². The van der Waals surface area contributed by atoms with Crippen molar-refractivity contribution in [2.24, 2.45) is 0 Å². The molecule has 3 rings (SSSR count). The van der Waals surface area contributed by atoms with Gasteiger partial charge in [-0.1, -0.05) is 36.4 Å². The number of anilines is 1. The Labute approximate surface area is 139 Å². The van der Waals surface area contributed by atoms with Gasteiger partial charge < -0.3 is 5.32 Å². The van der Waals surface area contributed by atoms with Gasteiger partial charge in [0.2, 0.25) is 0 Å². The number of H-pyrrole nitrogens is 1. The molecule has 25 heavy (non-hydrogen) atoms. The average Bonchev–Trinajstić information content (AvgIpc) is 2.99. The third kappa shape index (κ3) is 3.52. The fourth-order valence-electron chi connectivity index (χ4n) is 2.33. The summed E-state index contributed by atoms with van der Waals surface area (Å²) in [7, 11) is 0. The van der Waals surface area contributed by atoms with Gasteiger partial charge in [-0.15, -0.1) is 0 Å². The number of hydrogen-bond acceptors (Lipinski definition) is 2. The predicted molar refractivity (Wildman–Crippen MR) is 83.4 cm³/mol. The molecule has 2 N–H and O–H groups in total. The molecule has 8 heteroatoms. The first-order valence-corrected chi connectivity index (χ1v) is 7.14. The van der Waals surface area contributed by atoms with E-state index in [0.717, 1.165) is 12.1 Å². The first-order valence-electron chi connectivity index (χ1n) is 7.14.